The molecule has 2 rings (SSSR count). The number of nitrogens with two attached hydrogens (primary N) is 1. The standard InChI is InChI=1S/C12H12F2N4O2/c13-8-2-1-7(9(14)4-8)3-11-17-12(20-18-11)6-16-5-10(15)19/h1-2,4,16H,3,5-6H2,(H2,15,19). The molecule has 0 atom stereocenters. The van der Waals surface area contributed by atoms with Crippen molar-refractivity contribution >= 4 is 5.91 Å². The number of nitrogens with one attached hydrogen (secondary N) is 1. The molecule has 0 aliphatic carbocycles. The van der Waals surface area contributed by atoms with Gasteiger partial charge in [0.2, 0.25) is 11.8 Å². The predicted molar refractivity (Wildman–Crippen MR) is 64.4 cm³/mol. The fourth-order valence-electron chi connectivity index (χ4n) is 1.56. The van der Waals surface area contributed by atoms with Crippen molar-refractivity contribution in [2.45, 2.75) is 13.0 Å². The van der Waals surface area contributed by atoms with Gasteiger partial charge in [0, 0.05) is 12.5 Å². The first-order chi connectivity index (χ1) is 9.54. The molecule has 1 aromatic heterocycles. The monoisotopic (exact) mass is 282 g/mol. The van der Waals surface area contributed by atoms with Crippen molar-refractivity contribution in [2.75, 3.05) is 6.54 Å². The Labute approximate surface area is 113 Å². The van der Waals surface area contributed by atoms with E-state index in [1.807, 2.05) is 0 Å². The third kappa shape index (κ3) is 3.82. The molecular formula is C12H12F2N4O2. The van der Waals surface area contributed by atoms with Crippen molar-refractivity contribution in [1.29, 1.82) is 0 Å². The summed E-state index contributed by atoms with van der Waals surface area (Å²) in [4.78, 5) is 14.5. The van der Waals surface area contributed by atoms with E-state index in [9.17, 15) is 13.6 Å². The van der Waals surface area contributed by atoms with E-state index in [-0.39, 0.29) is 36.8 Å². The van der Waals surface area contributed by atoms with Gasteiger partial charge in [-0.3, -0.25) is 10.1 Å². The number of nitrogens with zero attached hydrogens (tertiary/aromatic N) is 2. The van der Waals surface area contributed by atoms with Gasteiger partial charge < -0.3 is 10.3 Å². The normalized spacial score (nSPS) is 10.7. The van der Waals surface area contributed by atoms with Crippen LogP contribution in [0.15, 0.2) is 22.7 Å². The summed E-state index contributed by atoms with van der Waals surface area (Å²) in [6.45, 7) is 0.173. The molecule has 1 heterocycles. The number of aromatic nitrogens is 2. The van der Waals surface area contributed by atoms with E-state index in [2.05, 4.69) is 15.5 Å². The molecule has 0 fully saturated rings. The average Bonchev–Trinajstić information content (AvgIpc) is 2.80. The number of carbonyl (C=O) groups is 1. The molecule has 8 heteroatoms. The smallest absolute Gasteiger partial charge is 0.240 e. The van der Waals surface area contributed by atoms with Crippen molar-refractivity contribution in [1.82, 2.24) is 15.5 Å². The van der Waals surface area contributed by atoms with Crippen LogP contribution in [0.1, 0.15) is 17.3 Å². The van der Waals surface area contributed by atoms with Gasteiger partial charge in [0.1, 0.15) is 11.6 Å². The van der Waals surface area contributed by atoms with Crippen LogP contribution in [0.25, 0.3) is 0 Å². The van der Waals surface area contributed by atoms with Crippen LogP contribution in [0.3, 0.4) is 0 Å². The van der Waals surface area contributed by atoms with E-state index in [1.54, 1.807) is 0 Å². The number of benzene rings is 1. The lowest BCUT2D eigenvalue weighted by molar-refractivity contribution is -0.117. The Morgan fingerprint density at radius 1 is 1.40 bits per heavy atom. The molecule has 3 N–H and O–H groups in total. The van der Waals surface area contributed by atoms with Gasteiger partial charge in [-0.25, -0.2) is 8.78 Å². The lowest BCUT2D eigenvalue weighted by Gasteiger charge is -1.99. The van der Waals surface area contributed by atoms with Crippen molar-refractivity contribution in [3.05, 3.63) is 47.1 Å². The van der Waals surface area contributed by atoms with Gasteiger partial charge in [-0.05, 0) is 11.6 Å². The number of hydrogen-bond acceptors (Lipinski definition) is 5. The molecule has 1 amide bonds. The molecule has 20 heavy (non-hydrogen) atoms. The summed E-state index contributed by atoms with van der Waals surface area (Å²) >= 11 is 0. The number of halogens is 2. The van der Waals surface area contributed by atoms with Crippen molar-refractivity contribution in [3.63, 3.8) is 0 Å². The molecule has 0 spiro atoms. The Bertz CT molecular complexity index is 615. The molecule has 6 nitrogen and oxygen atoms in total. The fourth-order valence-corrected chi connectivity index (χ4v) is 1.56. The third-order valence-corrected chi connectivity index (χ3v) is 2.45. The second-order valence-corrected chi connectivity index (χ2v) is 4.09. The Morgan fingerprint density at radius 3 is 2.90 bits per heavy atom. The molecule has 0 unspecified atom stereocenters. The largest absolute Gasteiger partial charge is 0.369 e. The van der Waals surface area contributed by atoms with Gasteiger partial charge in [-0.2, -0.15) is 4.98 Å². The quantitative estimate of drug-likeness (QED) is 0.805. The van der Waals surface area contributed by atoms with E-state index in [1.165, 1.54) is 6.07 Å². The van der Waals surface area contributed by atoms with Crippen molar-refractivity contribution in [2.24, 2.45) is 5.73 Å². The van der Waals surface area contributed by atoms with E-state index in [4.69, 9.17) is 10.3 Å². The maximum atomic E-state index is 13.4. The van der Waals surface area contributed by atoms with E-state index in [0.29, 0.717) is 0 Å². The lowest BCUT2D eigenvalue weighted by Crippen LogP contribution is -2.28. The topological polar surface area (TPSA) is 94.0 Å². The second-order valence-electron chi connectivity index (χ2n) is 4.09. The van der Waals surface area contributed by atoms with Crippen molar-refractivity contribution < 1.29 is 18.1 Å². The molecular weight excluding hydrogens is 270 g/mol. The van der Waals surface area contributed by atoms with Crippen LogP contribution in [-0.2, 0) is 17.8 Å². The number of hydrogen-bond donors (Lipinski definition) is 2. The van der Waals surface area contributed by atoms with Crippen LogP contribution >= 0.6 is 0 Å². The Hall–Kier alpha value is -2.35. The van der Waals surface area contributed by atoms with Crippen LogP contribution < -0.4 is 11.1 Å². The molecule has 2 aromatic rings. The number of primary amides is 1. The maximum absolute atomic E-state index is 13.4. The second kappa shape index (κ2) is 6.20. The van der Waals surface area contributed by atoms with Crippen LogP contribution in [-0.4, -0.2) is 22.6 Å². The SMILES string of the molecule is NC(=O)CNCc1nc(Cc2ccc(F)cc2F)no1. The molecule has 0 aliphatic rings. The number of rotatable bonds is 6. The van der Waals surface area contributed by atoms with Gasteiger partial charge in [0.15, 0.2) is 5.82 Å². The first kappa shape index (κ1) is 14.1. The van der Waals surface area contributed by atoms with Crippen LogP contribution in [0, 0.1) is 11.6 Å². The van der Waals surface area contributed by atoms with Crippen molar-refractivity contribution in [3.8, 4) is 0 Å². The first-order valence-electron chi connectivity index (χ1n) is 5.79. The summed E-state index contributed by atoms with van der Waals surface area (Å²) in [6, 6.07) is 3.28. The molecule has 106 valence electrons. The molecule has 0 radical (unpaired) electrons. The number of carbonyl (C=O) groups excluding carboxylic acids is 1. The molecule has 0 bridgehead atoms. The summed E-state index contributed by atoms with van der Waals surface area (Å²) < 4.78 is 31.1. The maximum Gasteiger partial charge on any atom is 0.240 e. The Balaban J connectivity index is 1.97. The Morgan fingerprint density at radius 2 is 2.20 bits per heavy atom. The van der Waals surface area contributed by atoms with Gasteiger partial charge in [0.05, 0.1) is 13.1 Å². The highest BCUT2D eigenvalue weighted by atomic mass is 19.1. The van der Waals surface area contributed by atoms with Gasteiger partial charge >= 0.3 is 0 Å². The van der Waals surface area contributed by atoms with Crippen LogP contribution in [0.4, 0.5) is 8.78 Å². The van der Waals surface area contributed by atoms with Gasteiger partial charge in [-0.1, -0.05) is 11.2 Å². The highest BCUT2D eigenvalue weighted by Gasteiger charge is 2.10. The van der Waals surface area contributed by atoms with Gasteiger partial charge in [-0.15, -0.1) is 0 Å². The zero-order valence-electron chi connectivity index (χ0n) is 10.4. The molecule has 0 saturated heterocycles. The minimum atomic E-state index is -0.664. The highest BCUT2D eigenvalue weighted by Crippen LogP contribution is 2.13. The van der Waals surface area contributed by atoms with Crippen LogP contribution in [0.2, 0.25) is 0 Å². The zero-order valence-corrected chi connectivity index (χ0v) is 10.4. The fraction of sp³-hybridized carbons (Fsp3) is 0.250. The zero-order chi connectivity index (χ0) is 14.5. The average molecular weight is 282 g/mol. The lowest BCUT2D eigenvalue weighted by atomic mass is 10.1. The highest BCUT2D eigenvalue weighted by molar-refractivity contribution is 5.75. The minimum absolute atomic E-state index is 0.00962. The van der Waals surface area contributed by atoms with Crippen LogP contribution in [0.5, 0.6) is 0 Å². The molecule has 0 saturated carbocycles. The summed E-state index contributed by atoms with van der Waals surface area (Å²) in [5.41, 5.74) is 5.22. The summed E-state index contributed by atoms with van der Waals surface area (Å²) in [6.07, 6.45) is 0.0887. The predicted octanol–water partition coefficient (Wildman–Crippen LogP) is 0.514. The molecule has 0 aliphatic heterocycles. The van der Waals surface area contributed by atoms with E-state index in [0.717, 1.165) is 12.1 Å². The molecule has 1 aromatic carbocycles. The first-order valence-corrected chi connectivity index (χ1v) is 5.79. The summed E-state index contributed by atoms with van der Waals surface area (Å²) in [5, 5.41) is 6.37. The van der Waals surface area contributed by atoms with E-state index >= 15 is 0 Å². The Kier molecular flexibility index (Phi) is 4.36. The van der Waals surface area contributed by atoms with Gasteiger partial charge in [0.25, 0.3) is 0 Å². The summed E-state index contributed by atoms with van der Waals surface area (Å²) in [7, 11) is 0. The summed E-state index contributed by atoms with van der Waals surface area (Å²) in [5.74, 6) is -1.29. The third-order valence-electron chi connectivity index (χ3n) is 2.45. The number of amides is 1. The van der Waals surface area contributed by atoms with E-state index < -0.39 is 17.5 Å². The minimum Gasteiger partial charge on any atom is -0.369 e.